The van der Waals surface area contributed by atoms with Crippen molar-refractivity contribution >= 4 is 11.9 Å². The van der Waals surface area contributed by atoms with Gasteiger partial charge in [0.2, 0.25) is 5.91 Å². The minimum atomic E-state index is -0.857. The van der Waals surface area contributed by atoms with E-state index in [2.05, 4.69) is 0 Å². The van der Waals surface area contributed by atoms with E-state index in [1.165, 1.54) is 0 Å². The first-order valence-electron chi connectivity index (χ1n) is 9.30. The molecular weight excluding hydrogens is 334 g/mol. The molecule has 0 bridgehead atoms. The first-order chi connectivity index (χ1) is 12.5. The fourth-order valence-corrected chi connectivity index (χ4v) is 5.00. The normalized spacial score (nSPS) is 32.2. The summed E-state index contributed by atoms with van der Waals surface area (Å²) in [7, 11) is 3.23. The molecule has 1 aromatic carbocycles. The van der Waals surface area contributed by atoms with Gasteiger partial charge in [-0.3, -0.25) is 4.79 Å². The Morgan fingerprint density at radius 2 is 2.00 bits per heavy atom. The Morgan fingerprint density at radius 3 is 2.69 bits per heavy atom. The lowest BCUT2D eigenvalue weighted by molar-refractivity contribution is -0.150. The molecule has 5 unspecified atom stereocenters. The zero-order valence-electron chi connectivity index (χ0n) is 15.2. The Labute approximate surface area is 153 Å². The number of benzene rings is 1. The molecule has 1 N–H and O–H groups in total. The first-order valence-corrected chi connectivity index (χ1v) is 9.30. The third kappa shape index (κ3) is 2.72. The van der Waals surface area contributed by atoms with Crippen LogP contribution >= 0.6 is 0 Å². The summed E-state index contributed by atoms with van der Waals surface area (Å²) < 4.78 is 10.7. The molecule has 5 atom stereocenters. The summed E-state index contributed by atoms with van der Waals surface area (Å²) >= 11 is 0. The second-order valence-corrected chi connectivity index (χ2v) is 7.69. The summed E-state index contributed by atoms with van der Waals surface area (Å²) in [6.07, 6.45) is 3.77. The first kappa shape index (κ1) is 17.2. The number of carboxylic acids is 1. The number of fused-ring (bicyclic) bond motifs is 1. The van der Waals surface area contributed by atoms with Crippen LogP contribution in [0.4, 0.5) is 0 Å². The average molecular weight is 359 g/mol. The zero-order valence-corrected chi connectivity index (χ0v) is 15.2. The summed E-state index contributed by atoms with van der Waals surface area (Å²) in [5.41, 5.74) is 0.969. The topological polar surface area (TPSA) is 76.1 Å². The van der Waals surface area contributed by atoms with Gasteiger partial charge in [-0.15, -0.1) is 0 Å². The monoisotopic (exact) mass is 359 g/mol. The van der Waals surface area contributed by atoms with Gasteiger partial charge in [0.1, 0.15) is 17.5 Å². The molecule has 0 radical (unpaired) electrons. The van der Waals surface area contributed by atoms with Gasteiger partial charge in [-0.25, -0.2) is 4.79 Å². The van der Waals surface area contributed by atoms with Gasteiger partial charge >= 0.3 is 5.97 Å². The molecule has 4 rings (SSSR count). The highest BCUT2D eigenvalue weighted by Crippen LogP contribution is 2.53. The molecule has 26 heavy (non-hydrogen) atoms. The predicted octanol–water partition coefficient (Wildman–Crippen LogP) is 2.52. The van der Waals surface area contributed by atoms with Gasteiger partial charge in [-0.1, -0.05) is 6.42 Å². The molecule has 0 aromatic heterocycles. The quantitative estimate of drug-likeness (QED) is 0.874. The molecule has 1 saturated heterocycles. The number of hydrogen-bond donors (Lipinski definition) is 1. The lowest BCUT2D eigenvalue weighted by Crippen LogP contribution is -2.44. The van der Waals surface area contributed by atoms with E-state index in [9.17, 15) is 14.7 Å². The number of carboxylic acid groups (broad SMARTS) is 1. The highest BCUT2D eigenvalue weighted by molar-refractivity contribution is 5.88. The van der Waals surface area contributed by atoms with Crippen molar-refractivity contribution in [1.29, 1.82) is 0 Å². The van der Waals surface area contributed by atoms with Crippen LogP contribution in [0.1, 0.15) is 37.2 Å². The Kier molecular flexibility index (Phi) is 4.29. The van der Waals surface area contributed by atoms with E-state index < -0.39 is 12.0 Å². The van der Waals surface area contributed by atoms with Gasteiger partial charge in [0.05, 0.1) is 14.2 Å². The van der Waals surface area contributed by atoms with Crippen LogP contribution in [0, 0.1) is 17.8 Å². The van der Waals surface area contributed by atoms with Crippen LogP contribution in [-0.2, 0) is 9.59 Å². The van der Waals surface area contributed by atoms with Crippen molar-refractivity contribution < 1.29 is 24.2 Å². The van der Waals surface area contributed by atoms with E-state index in [1.807, 2.05) is 18.2 Å². The van der Waals surface area contributed by atoms with Crippen LogP contribution < -0.4 is 9.47 Å². The number of hydrogen-bond acceptors (Lipinski definition) is 4. The van der Waals surface area contributed by atoms with Crippen molar-refractivity contribution in [3.63, 3.8) is 0 Å². The third-order valence-corrected chi connectivity index (χ3v) is 6.37. The van der Waals surface area contributed by atoms with Crippen LogP contribution in [-0.4, -0.2) is 48.7 Å². The Bertz CT molecular complexity index is 733. The molecule has 140 valence electrons. The number of ether oxygens (including phenoxy) is 2. The number of methoxy groups -OCH3 is 2. The average Bonchev–Trinajstić information content (AvgIpc) is 3.16. The fourth-order valence-electron chi connectivity index (χ4n) is 5.00. The standard InChI is InChI=1S/C20H25NO5/c1-25-12-6-7-17(26-2)15(8-12)14-9-16(14)19(22)21-10-11-4-3-5-13(11)18(21)20(23)24/h6-8,11,13-14,16,18H,3-5,9-10H2,1-2H3,(H,23,24). The molecule has 6 nitrogen and oxygen atoms in total. The minimum Gasteiger partial charge on any atom is -0.497 e. The number of nitrogens with zero attached hydrogens (tertiary/aromatic N) is 1. The highest BCUT2D eigenvalue weighted by atomic mass is 16.5. The lowest BCUT2D eigenvalue weighted by Gasteiger charge is -2.24. The molecule has 6 heteroatoms. The van der Waals surface area contributed by atoms with Crippen LogP contribution in [0.2, 0.25) is 0 Å². The Balaban J connectivity index is 1.53. The van der Waals surface area contributed by atoms with E-state index in [0.717, 1.165) is 42.7 Å². The fraction of sp³-hybridized carbons (Fsp3) is 0.600. The number of likely N-dealkylation sites (tertiary alicyclic amines) is 1. The van der Waals surface area contributed by atoms with Gasteiger partial charge in [0.25, 0.3) is 0 Å². The van der Waals surface area contributed by atoms with Gasteiger partial charge < -0.3 is 19.5 Å². The molecule has 2 saturated carbocycles. The van der Waals surface area contributed by atoms with E-state index in [0.29, 0.717) is 12.5 Å². The minimum absolute atomic E-state index is 0.0123. The lowest BCUT2D eigenvalue weighted by atomic mass is 9.94. The molecule has 2 aliphatic carbocycles. The van der Waals surface area contributed by atoms with E-state index in [1.54, 1.807) is 19.1 Å². The number of carbonyl (C=O) groups is 2. The van der Waals surface area contributed by atoms with Crippen molar-refractivity contribution in [1.82, 2.24) is 4.90 Å². The Morgan fingerprint density at radius 1 is 1.19 bits per heavy atom. The molecule has 3 aliphatic rings. The smallest absolute Gasteiger partial charge is 0.326 e. The molecule has 1 aliphatic heterocycles. The second kappa shape index (κ2) is 6.49. The third-order valence-electron chi connectivity index (χ3n) is 6.37. The maximum Gasteiger partial charge on any atom is 0.326 e. The van der Waals surface area contributed by atoms with Crippen molar-refractivity contribution in [2.24, 2.45) is 17.8 Å². The number of carbonyl (C=O) groups excluding carboxylic acids is 1. The summed E-state index contributed by atoms with van der Waals surface area (Å²) in [5, 5.41) is 9.68. The van der Waals surface area contributed by atoms with Crippen molar-refractivity contribution in [3.05, 3.63) is 23.8 Å². The summed E-state index contributed by atoms with van der Waals surface area (Å²) in [4.78, 5) is 26.5. The summed E-state index contributed by atoms with van der Waals surface area (Å²) in [6.45, 7) is 0.596. The Hall–Kier alpha value is -2.24. The maximum absolute atomic E-state index is 13.1. The van der Waals surface area contributed by atoms with Gasteiger partial charge in [-0.05, 0) is 49.3 Å². The van der Waals surface area contributed by atoms with Crippen LogP contribution in [0.5, 0.6) is 11.5 Å². The highest BCUT2D eigenvalue weighted by Gasteiger charge is 2.54. The van der Waals surface area contributed by atoms with Gasteiger partial charge in [0.15, 0.2) is 0 Å². The molecule has 1 aromatic rings. The maximum atomic E-state index is 13.1. The van der Waals surface area contributed by atoms with Gasteiger partial charge in [-0.2, -0.15) is 0 Å². The summed E-state index contributed by atoms with van der Waals surface area (Å²) in [6, 6.07) is 4.96. The predicted molar refractivity (Wildman–Crippen MR) is 94.4 cm³/mol. The largest absolute Gasteiger partial charge is 0.497 e. The number of amides is 1. The van der Waals surface area contributed by atoms with Crippen LogP contribution in [0.15, 0.2) is 18.2 Å². The second-order valence-electron chi connectivity index (χ2n) is 7.69. The van der Waals surface area contributed by atoms with Crippen molar-refractivity contribution in [2.75, 3.05) is 20.8 Å². The van der Waals surface area contributed by atoms with Crippen molar-refractivity contribution in [3.8, 4) is 11.5 Å². The SMILES string of the molecule is COc1ccc(OC)c(C2CC2C(=O)N2CC3CCCC3C2C(=O)O)c1. The molecular formula is C20H25NO5. The van der Waals surface area contributed by atoms with E-state index in [4.69, 9.17) is 9.47 Å². The van der Waals surface area contributed by atoms with E-state index >= 15 is 0 Å². The van der Waals surface area contributed by atoms with Crippen LogP contribution in [0.25, 0.3) is 0 Å². The van der Waals surface area contributed by atoms with E-state index in [-0.39, 0.29) is 23.7 Å². The molecule has 3 fully saturated rings. The van der Waals surface area contributed by atoms with Crippen LogP contribution in [0.3, 0.4) is 0 Å². The molecule has 1 amide bonds. The number of rotatable bonds is 5. The number of aliphatic carboxylic acids is 1. The molecule has 1 heterocycles. The molecule has 0 spiro atoms. The van der Waals surface area contributed by atoms with Gasteiger partial charge in [0, 0.05) is 23.9 Å². The zero-order chi connectivity index (χ0) is 18.4. The summed E-state index contributed by atoms with van der Waals surface area (Å²) in [5.74, 6) is 1.01. The van der Waals surface area contributed by atoms with Crippen molar-refractivity contribution in [2.45, 2.75) is 37.6 Å².